The van der Waals surface area contributed by atoms with Crippen LogP contribution < -0.4 is 10.5 Å². The van der Waals surface area contributed by atoms with E-state index in [1.54, 1.807) is 36.4 Å². The Labute approximate surface area is 219 Å². The molecular weight excluding hydrogens is 545 g/mol. The van der Waals surface area contributed by atoms with Crippen molar-refractivity contribution in [2.75, 3.05) is 31.1 Å². The fraction of sp³-hybridized carbons (Fsp3) is 0.231. The van der Waals surface area contributed by atoms with Crippen LogP contribution in [0.2, 0.25) is 0 Å². The van der Waals surface area contributed by atoms with Gasteiger partial charge in [-0.15, -0.1) is 0 Å². The summed E-state index contributed by atoms with van der Waals surface area (Å²) in [7, 11) is 1.49. The third-order valence-corrected chi connectivity index (χ3v) is 7.19. The lowest BCUT2D eigenvalue weighted by atomic mass is 9.95. The summed E-state index contributed by atoms with van der Waals surface area (Å²) < 4.78 is 15.4. The Hall–Kier alpha value is -3.83. The number of anilines is 1. The topological polar surface area (TPSA) is 105 Å². The normalized spacial score (nSPS) is 15.2. The molecule has 0 amide bonds. The summed E-state index contributed by atoms with van der Waals surface area (Å²) in [6, 6.07) is 16.2. The molecule has 37 heavy (non-hydrogen) atoms. The average molecular weight is 568 g/mol. The Morgan fingerprint density at radius 1 is 1.05 bits per heavy atom. The summed E-state index contributed by atoms with van der Waals surface area (Å²) in [5.41, 5.74) is 1.35. The number of aromatic hydroxyl groups is 1. The summed E-state index contributed by atoms with van der Waals surface area (Å²) in [6.07, 6.45) is 0. The van der Waals surface area contributed by atoms with Crippen LogP contribution in [0.5, 0.6) is 5.75 Å². The number of nitro groups is 1. The van der Waals surface area contributed by atoms with Gasteiger partial charge >= 0.3 is 11.2 Å². The van der Waals surface area contributed by atoms with Crippen molar-refractivity contribution in [3.63, 3.8) is 0 Å². The minimum absolute atomic E-state index is 0.126. The van der Waals surface area contributed by atoms with Gasteiger partial charge in [0.25, 0.3) is 0 Å². The number of nitrogens with zero attached hydrogens (tertiary/aromatic N) is 5. The highest BCUT2D eigenvalue weighted by Crippen LogP contribution is 2.37. The van der Waals surface area contributed by atoms with Crippen LogP contribution in [-0.2, 0) is 7.05 Å². The van der Waals surface area contributed by atoms with Crippen molar-refractivity contribution in [1.29, 1.82) is 0 Å². The molecule has 0 bridgehead atoms. The quantitative estimate of drug-likeness (QED) is 0.217. The first-order chi connectivity index (χ1) is 17.8. The van der Waals surface area contributed by atoms with Crippen LogP contribution in [0.15, 0.2) is 70.1 Å². The van der Waals surface area contributed by atoms with Gasteiger partial charge in [0, 0.05) is 38.8 Å². The number of piperazine rings is 1. The van der Waals surface area contributed by atoms with Crippen LogP contribution in [0.25, 0.3) is 11.0 Å². The zero-order valence-corrected chi connectivity index (χ0v) is 21.4. The third kappa shape index (κ3) is 4.56. The van der Waals surface area contributed by atoms with Crippen molar-refractivity contribution >= 4 is 38.3 Å². The first-order valence-corrected chi connectivity index (χ1v) is 12.4. The van der Waals surface area contributed by atoms with Crippen molar-refractivity contribution in [1.82, 2.24) is 14.5 Å². The molecular formula is C26H23BrFN5O4. The number of para-hydroxylation sites is 1. The van der Waals surface area contributed by atoms with E-state index in [0.717, 1.165) is 5.56 Å². The van der Waals surface area contributed by atoms with Crippen molar-refractivity contribution in [2.24, 2.45) is 7.05 Å². The van der Waals surface area contributed by atoms with E-state index >= 15 is 0 Å². The van der Waals surface area contributed by atoms with Crippen LogP contribution in [0.4, 0.5) is 15.8 Å². The molecule has 1 saturated heterocycles. The van der Waals surface area contributed by atoms with Crippen molar-refractivity contribution in [3.8, 4) is 5.75 Å². The smallest absolute Gasteiger partial charge is 0.359 e. The number of hydrogen-bond acceptors (Lipinski definition) is 7. The fourth-order valence-electron chi connectivity index (χ4n) is 4.97. The molecule has 0 spiro atoms. The number of phenolic OH excluding ortho intramolecular Hbond substituents is 1. The Balaban J connectivity index is 1.54. The molecule has 1 unspecified atom stereocenters. The number of benzene rings is 2. The van der Waals surface area contributed by atoms with Crippen molar-refractivity contribution < 1.29 is 14.4 Å². The van der Waals surface area contributed by atoms with E-state index in [1.165, 1.54) is 23.7 Å². The largest absolute Gasteiger partial charge is 0.508 e. The molecule has 9 nitrogen and oxygen atoms in total. The van der Waals surface area contributed by atoms with Crippen molar-refractivity contribution in [2.45, 2.75) is 6.04 Å². The number of phenols is 1. The zero-order valence-electron chi connectivity index (χ0n) is 19.8. The van der Waals surface area contributed by atoms with Gasteiger partial charge in [0.1, 0.15) is 21.7 Å². The molecule has 0 aliphatic carbocycles. The van der Waals surface area contributed by atoms with Crippen LogP contribution in [0.1, 0.15) is 17.2 Å². The maximum atomic E-state index is 13.7. The van der Waals surface area contributed by atoms with Crippen LogP contribution in [0.3, 0.4) is 0 Å². The van der Waals surface area contributed by atoms with Gasteiger partial charge in [0.05, 0.1) is 16.5 Å². The van der Waals surface area contributed by atoms with Gasteiger partial charge in [-0.2, -0.15) is 0 Å². The number of aryl methyl sites for hydroxylation is 1. The Morgan fingerprint density at radius 3 is 2.38 bits per heavy atom. The van der Waals surface area contributed by atoms with Gasteiger partial charge in [-0.1, -0.05) is 30.3 Å². The van der Waals surface area contributed by atoms with E-state index < -0.39 is 16.2 Å². The van der Waals surface area contributed by atoms with Crippen LogP contribution in [0, 0.1) is 15.9 Å². The maximum absolute atomic E-state index is 13.7. The van der Waals surface area contributed by atoms with Crippen LogP contribution >= 0.6 is 15.9 Å². The highest BCUT2D eigenvalue weighted by molar-refractivity contribution is 9.10. The predicted molar refractivity (Wildman–Crippen MR) is 141 cm³/mol. The highest BCUT2D eigenvalue weighted by Gasteiger charge is 2.34. The molecule has 5 rings (SSSR count). The van der Waals surface area contributed by atoms with E-state index in [0.29, 0.717) is 47.4 Å². The summed E-state index contributed by atoms with van der Waals surface area (Å²) in [6.45, 7) is 1.70. The first-order valence-electron chi connectivity index (χ1n) is 11.6. The van der Waals surface area contributed by atoms with E-state index in [9.17, 15) is 24.4 Å². The number of halogens is 2. The van der Waals surface area contributed by atoms with E-state index in [1.807, 2.05) is 17.0 Å². The molecule has 0 radical (unpaired) electrons. The van der Waals surface area contributed by atoms with E-state index in [4.69, 9.17) is 0 Å². The molecule has 3 heterocycles. The molecule has 0 saturated carbocycles. The van der Waals surface area contributed by atoms with Crippen molar-refractivity contribution in [3.05, 3.63) is 103 Å². The van der Waals surface area contributed by atoms with Gasteiger partial charge in [-0.05, 0) is 51.8 Å². The summed E-state index contributed by atoms with van der Waals surface area (Å²) in [5, 5.41) is 22.7. The average Bonchev–Trinajstić information content (AvgIpc) is 2.88. The number of fused-ring (bicyclic) bond motifs is 1. The molecule has 2 aromatic heterocycles. The molecule has 1 fully saturated rings. The minimum atomic E-state index is -0.697. The predicted octanol–water partition coefficient (Wildman–Crippen LogP) is 4.36. The van der Waals surface area contributed by atoms with Gasteiger partial charge in [0.15, 0.2) is 5.69 Å². The Morgan fingerprint density at radius 2 is 1.73 bits per heavy atom. The molecule has 1 aliphatic heterocycles. The maximum Gasteiger partial charge on any atom is 0.359 e. The number of hydrogen-bond donors (Lipinski definition) is 1. The lowest BCUT2D eigenvalue weighted by Crippen LogP contribution is -2.48. The first kappa shape index (κ1) is 24.8. The lowest BCUT2D eigenvalue weighted by molar-refractivity contribution is -0.385. The van der Waals surface area contributed by atoms with E-state index in [-0.39, 0.29) is 23.3 Å². The summed E-state index contributed by atoms with van der Waals surface area (Å²) in [4.78, 5) is 32.8. The molecule has 11 heteroatoms. The SMILES string of the molecule is Cn1c(=O)c([N+](=O)[O-])c(N2CCN(C(c3ccc(F)cc3)c3ccccc3O)CC2)c2nc(Br)ccc21. The summed E-state index contributed by atoms with van der Waals surface area (Å²) >= 11 is 3.34. The molecule has 190 valence electrons. The standard InChI is InChI=1S/C26H23BrFN5O4/c1-30-19-10-11-21(27)29-22(19)24(25(26(30)35)33(36)37)32-14-12-31(13-15-32)23(16-6-8-17(28)9-7-16)18-4-2-3-5-20(18)34/h2-11,23,34H,12-15H2,1H3. The zero-order chi connectivity index (χ0) is 26.3. The fourth-order valence-corrected chi connectivity index (χ4v) is 5.28. The van der Waals surface area contributed by atoms with Gasteiger partial charge in [-0.25, -0.2) is 9.37 Å². The molecule has 2 aromatic carbocycles. The minimum Gasteiger partial charge on any atom is -0.508 e. The number of pyridine rings is 2. The van der Waals surface area contributed by atoms with Gasteiger partial charge in [0.2, 0.25) is 0 Å². The third-order valence-electron chi connectivity index (χ3n) is 6.75. The highest BCUT2D eigenvalue weighted by atomic mass is 79.9. The van der Waals surface area contributed by atoms with Gasteiger partial charge < -0.3 is 14.6 Å². The molecule has 1 aliphatic rings. The monoisotopic (exact) mass is 567 g/mol. The molecule has 1 N–H and O–H groups in total. The van der Waals surface area contributed by atoms with Gasteiger partial charge in [-0.3, -0.25) is 19.8 Å². The Bertz CT molecular complexity index is 1550. The number of aromatic nitrogens is 2. The number of rotatable bonds is 5. The Kier molecular flexibility index (Phi) is 6.65. The second kappa shape index (κ2) is 9.91. The second-order valence-corrected chi connectivity index (χ2v) is 9.67. The molecule has 4 aromatic rings. The van der Waals surface area contributed by atoms with Crippen LogP contribution in [-0.4, -0.2) is 50.7 Å². The summed E-state index contributed by atoms with van der Waals surface area (Å²) in [5.74, 6) is -0.227. The second-order valence-electron chi connectivity index (χ2n) is 8.86. The van der Waals surface area contributed by atoms with E-state index in [2.05, 4.69) is 25.8 Å². The lowest BCUT2D eigenvalue weighted by Gasteiger charge is -2.40. The molecule has 1 atom stereocenters.